The lowest BCUT2D eigenvalue weighted by Gasteiger charge is -2.10. The molecule has 0 spiro atoms. The van der Waals surface area contributed by atoms with Crippen molar-refractivity contribution in [3.63, 3.8) is 0 Å². The van der Waals surface area contributed by atoms with E-state index in [0.29, 0.717) is 24.2 Å². The minimum Gasteiger partial charge on any atom is -0.352 e. The topological polar surface area (TPSA) is 74.3 Å². The van der Waals surface area contributed by atoms with Gasteiger partial charge in [0, 0.05) is 25.5 Å². The number of rotatable bonds is 8. The molecule has 1 aromatic heterocycles. The van der Waals surface area contributed by atoms with Crippen molar-refractivity contribution in [2.75, 3.05) is 33.7 Å². The predicted octanol–water partition coefficient (Wildman–Crippen LogP) is 0.903. The van der Waals surface area contributed by atoms with Gasteiger partial charge in [0.1, 0.15) is 0 Å². The fourth-order valence-electron chi connectivity index (χ4n) is 1.73. The van der Waals surface area contributed by atoms with Crippen LogP contribution in [0, 0.1) is 0 Å². The molecule has 0 saturated carbocycles. The number of amides is 2. The van der Waals surface area contributed by atoms with Crippen LogP contribution in [-0.4, -0.2) is 55.4 Å². The first-order valence-corrected chi connectivity index (χ1v) is 7.20. The fourth-order valence-corrected chi connectivity index (χ4v) is 1.73. The number of nitrogens with one attached hydrogen (secondary N) is 2. The molecule has 2 N–H and O–H groups in total. The molecule has 116 valence electrons. The van der Waals surface area contributed by atoms with Gasteiger partial charge >= 0.3 is 0 Å². The summed E-state index contributed by atoms with van der Waals surface area (Å²) in [5, 5.41) is 5.59. The number of aromatic nitrogens is 1. The van der Waals surface area contributed by atoms with Crippen LogP contribution >= 0.6 is 0 Å². The lowest BCUT2D eigenvalue weighted by Crippen LogP contribution is -2.28. The third-order valence-corrected chi connectivity index (χ3v) is 2.87. The summed E-state index contributed by atoms with van der Waals surface area (Å²) in [7, 11) is 3.98. The van der Waals surface area contributed by atoms with Gasteiger partial charge in [-0.15, -0.1) is 0 Å². The number of nitrogens with zero attached hydrogens (tertiary/aromatic N) is 2. The van der Waals surface area contributed by atoms with Crippen molar-refractivity contribution >= 4 is 11.8 Å². The highest BCUT2D eigenvalue weighted by molar-refractivity contribution is 5.99. The molecule has 6 nitrogen and oxygen atoms in total. The van der Waals surface area contributed by atoms with Crippen molar-refractivity contribution in [2.45, 2.75) is 19.8 Å². The molecule has 6 heteroatoms. The minimum absolute atomic E-state index is 0.202. The highest BCUT2D eigenvalue weighted by atomic mass is 16.2. The van der Waals surface area contributed by atoms with Crippen molar-refractivity contribution in [1.82, 2.24) is 20.5 Å². The number of hydrogen-bond acceptors (Lipinski definition) is 4. The zero-order valence-electron chi connectivity index (χ0n) is 13.0. The largest absolute Gasteiger partial charge is 0.352 e. The molecular formula is C15H24N4O2. The van der Waals surface area contributed by atoms with E-state index >= 15 is 0 Å². The summed E-state index contributed by atoms with van der Waals surface area (Å²) in [4.78, 5) is 29.8. The lowest BCUT2D eigenvalue weighted by molar-refractivity contribution is 0.0952. The quantitative estimate of drug-likeness (QED) is 0.698. The average Bonchev–Trinajstić information content (AvgIpc) is 2.48. The van der Waals surface area contributed by atoms with Crippen LogP contribution in [0.5, 0.6) is 0 Å². The van der Waals surface area contributed by atoms with E-state index in [-0.39, 0.29) is 11.8 Å². The van der Waals surface area contributed by atoms with Crippen LogP contribution in [0.1, 0.15) is 40.5 Å². The molecule has 0 aliphatic rings. The van der Waals surface area contributed by atoms with Crippen LogP contribution in [0.4, 0.5) is 0 Å². The van der Waals surface area contributed by atoms with Crippen molar-refractivity contribution in [2.24, 2.45) is 0 Å². The molecule has 0 atom stereocenters. The molecule has 1 aromatic rings. The minimum atomic E-state index is -0.202. The molecule has 21 heavy (non-hydrogen) atoms. The van der Waals surface area contributed by atoms with E-state index < -0.39 is 0 Å². The van der Waals surface area contributed by atoms with E-state index in [9.17, 15) is 9.59 Å². The summed E-state index contributed by atoms with van der Waals surface area (Å²) < 4.78 is 0. The summed E-state index contributed by atoms with van der Waals surface area (Å²) in [5.41, 5.74) is 0.813. The summed E-state index contributed by atoms with van der Waals surface area (Å²) in [5.74, 6) is -0.405. The Morgan fingerprint density at radius 3 is 2.19 bits per heavy atom. The average molecular weight is 292 g/mol. The van der Waals surface area contributed by atoms with Crippen LogP contribution in [0.2, 0.25) is 0 Å². The molecule has 0 aliphatic carbocycles. The first-order valence-electron chi connectivity index (χ1n) is 7.20. The fraction of sp³-hybridized carbons (Fsp3) is 0.533. The Labute approximate surface area is 125 Å². The maximum atomic E-state index is 12.0. The number of carbonyl (C=O) groups excluding carboxylic acids is 2. The van der Waals surface area contributed by atoms with Crippen molar-refractivity contribution in [3.05, 3.63) is 29.6 Å². The molecule has 0 fully saturated rings. The Morgan fingerprint density at radius 1 is 1.10 bits per heavy atom. The molecule has 2 amide bonds. The molecule has 0 saturated heterocycles. The van der Waals surface area contributed by atoms with Crippen LogP contribution in [0.15, 0.2) is 18.5 Å². The third-order valence-electron chi connectivity index (χ3n) is 2.87. The lowest BCUT2D eigenvalue weighted by atomic mass is 10.2. The Bertz CT molecular complexity index is 474. The van der Waals surface area contributed by atoms with E-state index in [0.717, 1.165) is 19.4 Å². The Balaban J connectivity index is 2.54. The maximum absolute atomic E-state index is 12.0. The van der Waals surface area contributed by atoms with Gasteiger partial charge in [-0.3, -0.25) is 14.6 Å². The molecule has 1 heterocycles. The van der Waals surface area contributed by atoms with Crippen molar-refractivity contribution < 1.29 is 9.59 Å². The molecule has 0 aromatic carbocycles. The second-order valence-electron chi connectivity index (χ2n) is 5.13. The number of carbonyl (C=O) groups is 2. The Morgan fingerprint density at radius 2 is 1.67 bits per heavy atom. The second-order valence-corrected chi connectivity index (χ2v) is 5.13. The van der Waals surface area contributed by atoms with Crippen LogP contribution in [0.3, 0.4) is 0 Å². The first-order chi connectivity index (χ1) is 10.0. The van der Waals surface area contributed by atoms with Gasteiger partial charge in [0.25, 0.3) is 11.8 Å². The normalized spacial score (nSPS) is 10.5. The van der Waals surface area contributed by atoms with Gasteiger partial charge < -0.3 is 15.5 Å². The van der Waals surface area contributed by atoms with Crippen LogP contribution < -0.4 is 10.6 Å². The monoisotopic (exact) mass is 292 g/mol. The Kier molecular flexibility index (Phi) is 7.39. The molecule has 0 bridgehead atoms. The molecule has 0 aliphatic heterocycles. The molecule has 1 rings (SSSR count). The SMILES string of the molecule is CCCNC(=O)c1cncc(C(=O)NCCCN(C)C)c1. The van der Waals surface area contributed by atoms with Gasteiger partial charge in [-0.2, -0.15) is 0 Å². The van der Waals surface area contributed by atoms with Crippen LogP contribution in [-0.2, 0) is 0 Å². The predicted molar refractivity (Wildman–Crippen MR) is 82.4 cm³/mol. The second kappa shape index (κ2) is 9.07. The third kappa shape index (κ3) is 6.35. The van der Waals surface area contributed by atoms with Crippen LogP contribution in [0.25, 0.3) is 0 Å². The molecular weight excluding hydrogens is 268 g/mol. The van der Waals surface area contributed by atoms with E-state index in [1.54, 1.807) is 6.07 Å². The van der Waals surface area contributed by atoms with Gasteiger partial charge in [-0.05, 0) is 39.5 Å². The standard InChI is InChI=1S/C15H24N4O2/c1-4-6-17-14(20)12-9-13(11-16-10-12)15(21)18-7-5-8-19(2)3/h9-11H,4-8H2,1-3H3,(H,17,20)(H,18,21). The zero-order valence-corrected chi connectivity index (χ0v) is 13.0. The molecule has 0 unspecified atom stereocenters. The van der Waals surface area contributed by atoms with Gasteiger partial charge in [0.15, 0.2) is 0 Å². The van der Waals surface area contributed by atoms with Crippen molar-refractivity contribution in [3.8, 4) is 0 Å². The Hall–Kier alpha value is -1.95. The maximum Gasteiger partial charge on any atom is 0.252 e. The number of pyridine rings is 1. The van der Waals surface area contributed by atoms with E-state index in [4.69, 9.17) is 0 Å². The van der Waals surface area contributed by atoms with Gasteiger partial charge in [0.05, 0.1) is 11.1 Å². The smallest absolute Gasteiger partial charge is 0.252 e. The summed E-state index contributed by atoms with van der Waals surface area (Å²) in [6, 6.07) is 1.57. The highest BCUT2D eigenvalue weighted by Crippen LogP contribution is 2.03. The van der Waals surface area contributed by atoms with E-state index in [2.05, 4.69) is 20.5 Å². The highest BCUT2D eigenvalue weighted by Gasteiger charge is 2.10. The van der Waals surface area contributed by atoms with Gasteiger partial charge in [-0.25, -0.2) is 0 Å². The van der Waals surface area contributed by atoms with E-state index in [1.165, 1.54) is 12.4 Å². The molecule has 0 radical (unpaired) electrons. The zero-order chi connectivity index (χ0) is 15.7. The number of hydrogen-bond donors (Lipinski definition) is 2. The summed E-state index contributed by atoms with van der Waals surface area (Å²) in [6.45, 7) is 4.11. The van der Waals surface area contributed by atoms with E-state index in [1.807, 2.05) is 21.0 Å². The first kappa shape index (κ1) is 17.1. The van der Waals surface area contributed by atoms with Gasteiger partial charge in [-0.1, -0.05) is 6.92 Å². The summed E-state index contributed by atoms with van der Waals surface area (Å²) >= 11 is 0. The summed E-state index contributed by atoms with van der Waals surface area (Å²) in [6.07, 6.45) is 4.68. The van der Waals surface area contributed by atoms with Gasteiger partial charge in [0.2, 0.25) is 0 Å². The van der Waals surface area contributed by atoms with Crippen molar-refractivity contribution in [1.29, 1.82) is 0 Å².